The lowest BCUT2D eigenvalue weighted by molar-refractivity contribution is 0.389. The summed E-state index contributed by atoms with van der Waals surface area (Å²) in [5.74, 6) is 2.07. The Hall–Kier alpha value is -2.24. The molecule has 6 nitrogen and oxygen atoms in total. The van der Waals surface area contributed by atoms with Crippen LogP contribution < -0.4 is 10.3 Å². The molecule has 0 unspecified atom stereocenters. The van der Waals surface area contributed by atoms with E-state index in [9.17, 15) is 4.79 Å². The van der Waals surface area contributed by atoms with Crippen molar-refractivity contribution in [1.29, 1.82) is 0 Å². The number of ether oxygens (including phenoxy) is 1. The third-order valence-corrected chi connectivity index (χ3v) is 4.30. The minimum atomic E-state index is -0.0989. The first-order valence-electron chi connectivity index (χ1n) is 8.22. The van der Waals surface area contributed by atoms with E-state index in [1.165, 1.54) is 6.42 Å². The molecule has 0 aliphatic heterocycles. The van der Waals surface area contributed by atoms with Gasteiger partial charge in [0.1, 0.15) is 5.82 Å². The van der Waals surface area contributed by atoms with Gasteiger partial charge in [-0.1, -0.05) is 19.8 Å². The van der Waals surface area contributed by atoms with Crippen LogP contribution in [0.25, 0.3) is 5.95 Å². The predicted octanol–water partition coefficient (Wildman–Crippen LogP) is 2.64. The monoisotopic (exact) mass is 314 g/mol. The van der Waals surface area contributed by atoms with Crippen molar-refractivity contribution in [3.05, 3.63) is 40.3 Å². The van der Waals surface area contributed by atoms with Gasteiger partial charge in [0.15, 0.2) is 5.75 Å². The molecule has 2 heterocycles. The maximum atomic E-state index is 12.6. The van der Waals surface area contributed by atoms with Crippen molar-refractivity contribution < 1.29 is 4.74 Å². The highest BCUT2D eigenvalue weighted by Gasteiger charge is 2.26. The minimum Gasteiger partial charge on any atom is -0.494 e. The third-order valence-electron chi connectivity index (χ3n) is 4.30. The number of unbranched alkanes of at least 4 members (excludes halogenated alkanes) is 1. The van der Waals surface area contributed by atoms with Crippen LogP contribution in [0.4, 0.5) is 0 Å². The zero-order valence-electron chi connectivity index (χ0n) is 13.7. The smallest absolute Gasteiger partial charge is 0.260 e. The van der Waals surface area contributed by atoms with Gasteiger partial charge in [-0.05, 0) is 25.7 Å². The van der Waals surface area contributed by atoms with E-state index in [2.05, 4.69) is 16.9 Å². The molecule has 1 saturated carbocycles. The lowest BCUT2D eigenvalue weighted by Gasteiger charge is -2.27. The quantitative estimate of drug-likeness (QED) is 0.820. The maximum Gasteiger partial charge on any atom is 0.260 e. The molecule has 1 fully saturated rings. The highest BCUT2D eigenvalue weighted by atomic mass is 16.5. The summed E-state index contributed by atoms with van der Waals surface area (Å²) >= 11 is 0. The Morgan fingerprint density at radius 1 is 1.30 bits per heavy atom. The normalized spacial score (nSPS) is 14.5. The molecule has 23 heavy (non-hydrogen) atoms. The molecule has 0 amide bonds. The van der Waals surface area contributed by atoms with Crippen LogP contribution in [0, 0.1) is 0 Å². The van der Waals surface area contributed by atoms with Gasteiger partial charge in [0, 0.05) is 17.7 Å². The van der Waals surface area contributed by atoms with Gasteiger partial charge in [-0.3, -0.25) is 4.79 Å². The molecule has 0 aromatic carbocycles. The summed E-state index contributed by atoms with van der Waals surface area (Å²) in [6.45, 7) is 2.14. The molecule has 1 aliphatic carbocycles. The molecular formula is C17H22N4O2. The summed E-state index contributed by atoms with van der Waals surface area (Å²) in [6.07, 6.45) is 9.44. The van der Waals surface area contributed by atoms with Gasteiger partial charge in [0.05, 0.1) is 19.5 Å². The van der Waals surface area contributed by atoms with E-state index in [-0.39, 0.29) is 5.56 Å². The van der Waals surface area contributed by atoms with E-state index in [4.69, 9.17) is 9.72 Å². The number of nitrogens with zero attached hydrogens (tertiary/aromatic N) is 4. The Labute approximate surface area is 135 Å². The van der Waals surface area contributed by atoms with E-state index < -0.39 is 0 Å². The molecule has 1 aliphatic rings. The zero-order chi connectivity index (χ0) is 16.2. The SMILES string of the molecule is CCCCc1cc(=O)n(-c2ncc(OC)cn2)c(C2CCC2)n1. The van der Waals surface area contributed by atoms with Crippen molar-refractivity contribution in [2.75, 3.05) is 7.11 Å². The fraction of sp³-hybridized carbons (Fsp3) is 0.529. The van der Waals surface area contributed by atoms with Crippen LogP contribution in [-0.2, 0) is 6.42 Å². The number of aromatic nitrogens is 4. The first kappa shape index (κ1) is 15.6. The molecule has 2 aromatic rings. The van der Waals surface area contributed by atoms with Gasteiger partial charge in [0.25, 0.3) is 5.56 Å². The lowest BCUT2D eigenvalue weighted by Crippen LogP contribution is -2.29. The molecule has 6 heteroatoms. The molecule has 0 atom stereocenters. The van der Waals surface area contributed by atoms with Crippen molar-refractivity contribution >= 4 is 0 Å². The Kier molecular flexibility index (Phi) is 4.69. The van der Waals surface area contributed by atoms with Gasteiger partial charge in [-0.15, -0.1) is 0 Å². The number of hydrogen-bond donors (Lipinski definition) is 0. The molecule has 0 radical (unpaired) electrons. The second-order valence-electron chi connectivity index (χ2n) is 5.93. The van der Waals surface area contributed by atoms with Gasteiger partial charge in [-0.2, -0.15) is 0 Å². The van der Waals surface area contributed by atoms with E-state index in [0.29, 0.717) is 17.6 Å². The van der Waals surface area contributed by atoms with Crippen molar-refractivity contribution in [3.63, 3.8) is 0 Å². The minimum absolute atomic E-state index is 0.0989. The van der Waals surface area contributed by atoms with Crippen LogP contribution in [0.3, 0.4) is 0 Å². The Balaban J connectivity index is 2.04. The predicted molar refractivity (Wildman–Crippen MR) is 87.2 cm³/mol. The zero-order valence-corrected chi connectivity index (χ0v) is 13.7. The van der Waals surface area contributed by atoms with E-state index in [0.717, 1.165) is 43.6 Å². The van der Waals surface area contributed by atoms with Crippen molar-refractivity contribution in [3.8, 4) is 11.7 Å². The number of rotatable bonds is 6. The Morgan fingerprint density at radius 2 is 2.04 bits per heavy atom. The van der Waals surface area contributed by atoms with Gasteiger partial charge < -0.3 is 4.74 Å². The average Bonchev–Trinajstić information content (AvgIpc) is 2.51. The largest absolute Gasteiger partial charge is 0.494 e. The van der Waals surface area contributed by atoms with Gasteiger partial charge in [0.2, 0.25) is 5.95 Å². The number of hydrogen-bond acceptors (Lipinski definition) is 5. The molecular weight excluding hydrogens is 292 g/mol. The van der Waals surface area contributed by atoms with Crippen LogP contribution in [0.2, 0.25) is 0 Å². The summed E-state index contributed by atoms with van der Waals surface area (Å²) in [4.78, 5) is 25.9. The topological polar surface area (TPSA) is 69.9 Å². The first-order chi connectivity index (χ1) is 11.2. The molecule has 122 valence electrons. The molecule has 0 saturated heterocycles. The fourth-order valence-electron chi connectivity index (χ4n) is 2.71. The van der Waals surface area contributed by atoms with Crippen molar-refractivity contribution in [2.45, 2.75) is 51.4 Å². The van der Waals surface area contributed by atoms with Crippen LogP contribution >= 0.6 is 0 Å². The molecule has 2 aromatic heterocycles. The van der Waals surface area contributed by atoms with E-state index in [1.807, 2.05) is 0 Å². The van der Waals surface area contributed by atoms with Gasteiger partial charge in [-0.25, -0.2) is 19.5 Å². The summed E-state index contributed by atoms with van der Waals surface area (Å²) in [5.41, 5.74) is 0.779. The van der Waals surface area contributed by atoms with Crippen molar-refractivity contribution in [1.82, 2.24) is 19.5 Å². The van der Waals surface area contributed by atoms with Crippen molar-refractivity contribution in [2.24, 2.45) is 0 Å². The second kappa shape index (κ2) is 6.89. The van der Waals surface area contributed by atoms with Crippen LogP contribution in [0.5, 0.6) is 5.75 Å². The Bertz CT molecular complexity index is 720. The summed E-state index contributed by atoms with van der Waals surface area (Å²) in [5, 5.41) is 0. The standard InChI is InChI=1S/C17H22N4O2/c1-3-4-8-13-9-15(22)21(16(20-13)12-6-5-7-12)17-18-10-14(23-2)11-19-17/h9-12H,3-8H2,1-2H3. The summed E-state index contributed by atoms with van der Waals surface area (Å²) < 4.78 is 6.64. The number of methoxy groups -OCH3 is 1. The van der Waals surface area contributed by atoms with Crippen LogP contribution in [0.15, 0.2) is 23.3 Å². The molecule has 3 rings (SSSR count). The molecule has 0 bridgehead atoms. The van der Waals surface area contributed by atoms with Crippen LogP contribution in [0.1, 0.15) is 56.5 Å². The maximum absolute atomic E-state index is 12.6. The third kappa shape index (κ3) is 3.25. The Morgan fingerprint density at radius 3 is 2.61 bits per heavy atom. The van der Waals surface area contributed by atoms with E-state index in [1.54, 1.807) is 30.1 Å². The molecule has 0 spiro atoms. The summed E-state index contributed by atoms with van der Waals surface area (Å²) in [7, 11) is 1.56. The first-order valence-corrected chi connectivity index (χ1v) is 8.22. The second-order valence-corrected chi connectivity index (χ2v) is 5.93. The molecule has 0 N–H and O–H groups in total. The van der Waals surface area contributed by atoms with Crippen LogP contribution in [-0.4, -0.2) is 26.6 Å². The average molecular weight is 314 g/mol. The van der Waals surface area contributed by atoms with Gasteiger partial charge >= 0.3 is 0 Å². The highest BCUT2D eigenvalue weighted by molar-refractivity contribution is 5.24. The fourth-order valence-corrected chi connectivity index (χ4v) is 2.71. The number of aryl methyl sites for hydroxylation is 1. The highest BCUT2D eigenvalue weighted by Crippen LogP contribution is 2.35. The van der Waals surface area contributed by atoms with E-state index >= 15 is 0 Å². The lowest BCUT2D eigenvalue weighted by atomic mass is 9.84. The summed E-state index contributed by atoms with van der Waals surface area (Å²) in [6, 6.07) is 1.62.